The van der Waals surface area contributed by atoms with Gasteiger partial charge in [0, 0.05) is 30.3 Å². The summed E-state index contributed by atoms with van der Waals surface area (Å²) in [5.74, 6) is 0.373. The van der Waals surface area contributed by atoms with Gasteiger partial charge in [-0.1, -0.05) is 0 Å². The van der Waals surface area contributed by atoms with Crippen LogP contribution in [0.25, 0.3) is 11.2 Å². The van der Waals surface area contributed by atoms with E-state index in [2.05, 4.69) is 24.9 Å². The maximum Gasteiger partial charge on any atom is 0.235 e. The Hall–Kier alpha value is -2.77. The van der Waals surface area contributed by atoms with Crippen molar-refractivity contribution < 1.29 is 13.8 Å². The summed E-state index contributed by atoms with van der Waals surface area (Å²) in [4.78, 5) is 8.54. The number of fused-ring (bicyclic) bond motifs is 1. The van der Waals surface area contributed by atoms with Gasteiger partial charge in [-0.05, 0) is 29.4 Å². The van der Waals surface area contributed by atoms with Gasteiger partial charge >= 0.3 is 0 Å². The van der Waals surface area contributed by atoms with E-state index in [-0.39, 0.29) is 0 Å². The third-order valence-corrected chi connectivity index (χ3v) is 3.22. The summed E-state index contributed by atoms with van der Waals surface area (Å²) in [5, 5.41) is 7.44. The largest absolute Gasteiger partial charge is 0.459 e. The highest BCUT2D eigenvalue weighted by Gasteiger charge is 2.15. The molecule has 0 saturated heterocycles. The Morgan fingerprint density at radius 2 is 2.18 bits per heavy atom. The number of nitrogens with zero attached hydrogens (tertiary/aromatic N) is 4. The second kappa shape index (κ2) is 5.55. The van der Waals surface area contributed by atoms with E-state index in [1.165, 1.54) is 13.1 Å². The minimum absolute atomic E-state index is 0.373. The van der Waals surface area contributed by atoms with Crippen molar-refractivity contribution in [2.45, 2.75) is 26.6 Å². The Morgan fingerprint density at radius 1 is 1.36 bits per heavy atom. The molecule has 0 bridgehead atoms. The van der Waals surface area contributed by atoms with E-state index in [1.54, 1.807) is 12.1 Å². The van der Waals surface area contributed by atoms with Crippen LogP contribution >= 0.6 is 0 Å². The second-order valence-corrected chi connectivity index (χ2v) is 4.85. The molecule has 0 aliphatic heterocycles. The summed E-state index contributed by atoms with van der Waals surface area (Å²) in [6.07, 6.45) is 0.566. The number of ether oxygens (including phenoxy) is 1. The number of hydrogen-bond donors (Lipinski definition) is 1. The van der Waals surface area contributed by atoms with Gasteiger partial charge < -0.3 is 10.5 Å². The highest BCUT2D eigenvalue weighted by atomic mass is 19.1. The zero-order chi connectivity index (χ0) is 15.7. The quantitative estimate of drug-likeness (QED) is 0.788. The molecule has 0 aromatic carbocycles. The van der Waals surface area contributed by atoms with Gasteiger partial charge in [0.1, 0.15) is 5.75 Å². The van der Waals surface area contributed by atoms with Crippen LogP contribution in [-0.2, 0) is 6.42 Å². The molecule has 1 atom stereocenters. The molecule has 7 nitrogen and oxygen atoms in total. The summed E-state index contributed by atoms with van der Waals surface area (Å²) in [5.41, 5.74) is 9.70. The molecule has 3 rings (SSSR count). The average molecular weight is 303 g/mol. The van der Waals surface area contributed by atoms with Crippen molar-refractivity contribution in [3.63, 3.8) is 0 Å². The van der Waals surface area contributed by atoms with Gasteiger partial charge in [-0.15, -0.1) is 0 Å². The predicted octanol–water partition coefficient (Wildman–Crippen LogP) is 2.19. The van der Waals surface area contributed by atoms with Crippen LogP contribution in [0.1, 0.15) is 23.9 Å². The Balaban J connectivity index is 1.89. The number of anilines is 1. The van der Waals surface area contributed by atoms with E-state index >= 15 is 0 Å². The Morgan fingerprint density at radius 3 is 2.86 bits per heavy atom. The number of alkyl halides is 1. The van der Waals surface area contributed by atoms with Crippen molar-refractivity contribution in [3.05, 3.63) is 35.3 Å². The van der Waals surface area contributed by atoms with Gasteiger partial charge in [0.2, 0.25) is 12.0 Å². The first-order valence-corrected chi connectivity index (χ1v) is 6.67. The molecule has 0 saturated carbocycles. The van der Waals surface area contributed by atoms with Crippen LogP contribution in [0, 0.1) is 6.92 Å². The van der Waals surface area contributed by atoms with Crippen LogP contribution in [0.3, 0.4) is 0 Å². The van der Waals surface area contributed by atoms with E-state index in [1.807, 2.05) is 6.92 Å². The zero-order valence-corrected chi connectivity index (χ0v) is 12.1. The van der Waals surface area contributed by atoms with Gasteiger partial charge in [0.05, 0.1) is 11.9 Å². The number of halogens is 1. The Labute approximate surface area is 125 Å². The van der Waals surface area contributed by atoms with Gasteiger partial charge in [0.15, 0.2) is 5.52 Å². The van der Waals surface area contributed by atoms with E-state index in [0.29, 0.717) is 29.0 Å². The number of hydrogen-bond acceptors (Lipinski definition) is 7. The number of aromatic nitrogens is 4. The molecule has 0 aliphatic carbocycles. The lowest BCUT2D eigenvalue weighted by Crippen LogP contribution is -2.05. The molecule has 2 N–H and O–H groups in total. The number of pyridine rings is 2. The van der Waals surface area contributed by atoms with Crippen molar-refractivity contribution in [2.24, 2.45) is 0 Å². The van der Waals surface area contributed by atoms with E-state index in [9.17, 15) is 4.39 Å². The summed E-state index contributed by atoms with van der Waals surface area (Å²) < 4.78 is 22.3. The standard InChI is InChI=1S/C14H14FN5O2/c1-7-11(12(16)13-14(18-7)20-22-19-13)5-9-3-4-10(6-17-9)21-8(2)15/h3-4,6,8H,5,16H2,1-2H3. The lowest BCUT2D eigenvalue weighted by Gasteiger charge is -2.09. The van der Waals surface area contributed by atoms with E-state index in [4.69, 9.17) is 10.5 Å². The van der Waals surface area contributed by atoms with Crippen molar-refractivity contribution in [1.82, 2.24) is 20.3 Å². The van der Waals surface area contributed by atoms with Crippen LogP contribution in [-0.4, -0.2) is 26.6 Å². The molecule has 22 heavy (non-hydrogen) atoms. The summed E-state index contributed by atoms with van der Waals surface area (Å²) >= 11 is 0. The van der Waals surface area contributed by atoms with E-state index in [0.717, 1.165) is 17.0 Å². The van der Waals surface area contributed by atoms with Crippen molar-refractivity contribution in [2.75, 3.05) is 5.73 Å². The topological polar surface area (TPSA) is 100.0 Å². The molecule has 1 unspecified atom stereocenters. The predicted molar refractivity (Wildman–Crippen MR) is 77.0 cm³/mol. The molecule has 114 valence electrons. The summed E-state index contributed by atoms with van der Waals surface area (Å²) in [6.45, 7) is 3.15. The molecule has 0 radical (unpaired) electrons. The third-order valence-electron chi connectivity index (χ3n) is 3.22. The van der Waals surface area contributed by atoms with Crippen LogP contribution in [0.4, 0.5) is 10.1 Å². The number of nitrogen functional groups attached to an aromatic ring is 1. The Bertz CT molecular complexity index is 801. The fraction of sp³-hybridized carbons (Fsp3) is 0.286. The fourth-order valence-electron chi connectivity index (χ4n) is 2.17. The zero-order valence-electron chi connectivity index (χ0n) is 12.1. The van der Waals surface area contributed by atoms with E-state index < -0.39 is 6.36 Å². The van der Waals surface area contributed by atoms with Gasteiger partial charge in [-0.25, -0.2) is 14.0 Å². The third kappa shape index (κ3) is 2.67. The highest BCUT2D eigenvalue weighted by Crippen LogP contribution is 2.25. The number of nitrogens with two attached hydrogens (primary N) is 1. The summed E-state index contributed by atoms with van der Waals surface area (Å²) in [7, 11) is 0. The highest BCUT2D eigenvalue weighted by molar-refractivity contribution is 5.85. The van der Waals surface area contributed by atoms with Gasteiger partial charge in [-0.2, -0.15) is 0 Å². The molecule has 8 heteroatoms. The maximum atomic E-state index is 12.8. The van der Waals surface area contributed by atoms with Crippen LogP contribution < -0.4 is 10.5 Å². The molecule has 0 aliphatic rings. The molecule has 0 spiro atoms. The van der Waals surface area contributed by atoms with Gasteiger partial charge in [0.25, 0.3) is 0 Å². The summed E-state index contributed by atoms with van der Waals surface area (Å²) in [6, 6.07) is 3.41. The molecule has 3 aromatic heterocycles. The molecule has 3 heterocycles. The van der Waals surface area contributed by atoms with Gasteiger partial charge in [-0.3, -0.25) is 4.98 Å². The molecule has 0 fully saturated rings. The minimum atomic E-state index is -1.38. The van der Waals surface area contributed by atoms with Crippen molar-refractivity contribution in [3.8, 4) is 5.75 Å². The first kappa shape index (κ1) is 14.2. The van der Waals surface area contributed by atoms with Crippen LogP contribution in [0.2, 0.25) is 0 Å². The fourth-order valence-corrected chi connectivity index (χ4v) is 2.17. The number of rotatable bonds is 4. The lowest BCUT2D eigenvalue weighted by atomic mass is 10.1. The second-order valence-electron chi connectivity index (χ2n) is 4.85. The molecule has 0 amide bonds. The smallest absolute Gasteiger partial charge is 0.235 e. The van der Waals surface area contributed by atoms with Crippen LogP contribution in [0.5, 0.6) is 5.75 Å². The average Bonchev–Trinajstić information content (AvgIpc) is 2.93. The van der Waals surface area contributed by atoms with Crippen LogP contribution in [0.15, 0.2) is 23.0 Å². The minimum Gasteiger partial charge on any atom is -0.459 e. The molecular weight excluding hydrogens is 289 g/mol. The maximum absolute atomic E-state index is 12.8. The first-order valence-electron chi connectivity index (χ1n) is 6.67. The first-order chi connectivity index (χ1) is 10.5. The SMILES string of the molecule is Cc1nc2nonc2c(N)c1Cc1ccc(OC(C)F)cn1. The molecular formula is C14H14FN5O2. The normalized spacial score (nSPS) is 12.5. The number of aryl methyl sites for hydroxylation is 1. The monoisotopic (exact) mass is 303 g/mol. The Kier molecular flexibility index (Phi) is 3.58. The van der Waals surface area contributed by atoms with Crippen molar-refractivity contribution in [1.29, 1.82) is 0 Å². The lowest BCUT2D eigenvalue weighted by molar-refractivity contribution is 0.0856. The van der Waals surface area contributed by atoms with Crippen molar-refractivity contribution >= 4 is 16.9 Å². The molecule has 3 aromatic rings.